The first kappa shape index (κ1) is 24.9. The van der Waals surface area contributed by atoms with Gasteiger partial charge in [0, 0.05) is 13.0 Å². The highest BCUT2D eigenvalue weighted by Gasteiger charge is 2.21. The number of oxazole rings is 1. The van der Waals surface area contributed by atoms with Crippen molar-refractivity contribution in [2.45, 2.75) is 78.7 Å². The summed E-state index contributed by atoms with van der Waals surface area (Å²) in [6, 6.07) is 0. The van der Waals surface area contributed by atoms with Gasteiger partial charge in [-0.05, 0) is 27.2 Å². The van der Waals surface area contributed by atoms with E-state index in [1.54, 1.807) is 6.20 Å². The lowest BCUT2D eigenvalue weighted by molar-refractivity contribution is -0.123. The Bertz CT molecular complexity index is 658. The van der Waals surface area contributed by atoms with E-state index in [-0.39, 0.29) is 12.0 Å². The fourth-order valence-electron chi connectivity index (χ4n) is 2.92. The molecule has 0 aliphatic carbocycles. The molecule has 162 valence electrons. The maximum Gasteiger partial charge on any atom is 0.226 e. The molecular weight excluding hydrogens is 364 g/mol. The van der Waals surface area contributed by atoms with Crippen molar-refractivity contribution in [1.82, 2.24) is 4.98 Å². The van der Waals surface area contributed by atoms with Crippen LogP contribution in [0.1, 0.15) is 72.0 Å². The van der Waals surface area contributed by atoms with Gasteiger partial charge in [-0.2, -0.15) is 0 Å². The second-order valence-electron chi connectivity index (χ2n) is 8.07. The topological polar surface area (TPSA) is 78.4 Å². The Hall–Kier alpha value is -2.14. The summed E-state index contributed by atoms with van der Waals surface area (Å²) in [5.41, 5.74) is 5.74. The van der Waals surface area contributed by atoms with E-state index in [0.29, 0.717) is 6.42 Å². The molecule has 0 bridgehead atoms. The average Bonchev–Trinajstić information content (AvgIpc) is 3.16. The molecule has 0 aliphatic heterocycles. The van der Waals surface area contributed by atoms with E-state index < -0.39 is 5.41 Å². The molecule has 1 unspecified atom stereocenters. The summed E-state index contributed by atoms with van der Waals surface area (Å²) in [5, 5.41) is 0. The van der Waals surface area contributed by atoms with Gasteiger partial charge in [0.15, 0.2) is 6.39 Å². The van der Waals surface area contributed by atoms with Crippen LogP contribution in [0.25, 0.3) is 0 Å². The zero-order valence-electron chi connectivity index (χ0n) is 18.5. The zero-order chi connectivity index (χ0) is 21.5. The molecule has 1 aromatic rings. The number of hydrogen-bond donors (Lipinski definition) is 1. The second kappa shape index (κ2) is 13.9. The summed E-state index contributed by atoms with van der Waals surface area (Å²) >= 11 is 0. The van der Waals surface area contributed by atoms with E-state index >= 15 is 0 Å². The lowest BCUT2D eigenvalue weighted by Crippen LogP contribution is -2.29. The minimum absolute atomic E-state index is 0.0606. The van der Waals surface area contributed by atoms with Crippen LogP contribution < -0.4 is 5.73 Å². The number of rotatable bonds is 15. The van der Waals surface area contributed by atoms with Gasteiger partial charge >= 0.3 is 0 Å². The lowest BCUT2D eigenvalue weighted by Gasteiger charge is -2.15. The summed E-state index contributed by atoms with van der Waals surface area (Å²) in [4.78, 5) is 15.4. The van der Waals surface area contributed by atoms with Crippen molar-refractivity contribution in [1.29, 1.82) is 0 Å². The predicted octanol–water partition coefficient (Wildman–Crippen LogP) is 5.53. The highest BCUT2D eigenvalue weighted by atomic mass is 16.5. The molecule has 0 spiro atoms. The number of nitrogens with zero attached hydrogens (tertiary/aromatic N) is 1. The Labute approximate surface area is 176 Å². The van der Waals surface area contributed by atoms with Crippen molar-refractivity contribution in [2.24, 2.45) is 11.1 Å². The highest BCUT2D eigenvalue weighted by molar-refractivity contribution is 5.82. The zero-order valence-corrected chi connectivity index (χ0v) is 18.5. The number of amides is 1. The van der Waals surface area contributed by atoms with Crippen molar-refractivity contribution >= 4 is 5.91 Å². The highest BCUT2D eigenvalue weighted by Crippen LogP contribution is 2.19. The van der Waals surface area contributed by atoms with Crippen molar-refractivity contribution in [2.75, 3.05) is 6.61 Å². The first-order valence-corrected chi connectivity index (χ1v) is 10.7. The molecule has 0 saturated carbocycles. The number of nitrogens with two attached hydrogens (primary N) is 1. The van der Waals surface area contributed by atoms with Crippen LogP contribution >= 0.6 is 0 Å². The molecule has 1 rings (SSSR count). The molecule has 1 atom stereocenters. The number of allylic oxidation sites excluding steroid dienone is 4. The maximum atomic E-state index is 11.4. The largest absolute Gasteiger partial charge is 0.448 e. The number of ether oxygens (including phenoxy) is 1. The molecule has 29 heavy (non-hydrogen) atoms. The van der Waals surface area contributed by atoms with E-state index in [2.05, 4.69) is 11.9 Å². The van der Waals surface area contributed by atoms with Crippen molar-refractivity contribution in [3.63, 3.8) is 0 Å². The van der Waals surface area contributed by atoms with Gasteiger partial charge in [-0.3, -0.25) is 4.79 Å². The molecule has 1 heterocycles. The van der Waals surface area contributed by atoms with Gasteiger partial charge in [-0.1, -0.05) is 75.0 Å². The average molecular weight is 403 g/mol. The molecule has 0 aliphatic rings. The third kappa shape index (κ3) is 11.4. The summed E-state index contributed by atoms with van der Waals surface area (Å²) in [6.07, 6.45) is 21.0. The third-order valence-corrected chi connectivity index (χ3v) is 4.74. The van der Waals surface area contributed by atoms with Gasteiger partial charge in [0.1, 0.15) is 5.76 Å². The molecule has 0 aromatic carbocycles. The standard InChI is InChI=1S/C24H38N2O3/c1-5-6-7-8-9-12-15-28-21(16-22-18-26-19-29-22)14-11-10-13-20(2)17-24(3,4)23(25)27/h10-11,13-14,17-19,21H,5-9,12,15-16H2,1-4H3,(H2,25,27)/b13-10+,14-11+,20-17+. The molecule has 5 nitrogen and oxygen atoms in total. The van der Waals surface area contributed by atoms with Gasteiger partial charge in [0.2, 0.25) is 5.91 Å². The monoisotopic (exact) mass is 402 g/mol. The summed E-state index contributed by atoms with van der Waals surface area (Å²) in [7, 11) is 0. The lowest BCUT2D eigenvalue weighted by atomic mass is 9.90. The fourth-order valence-corrected chi connectivity index (χ4v) is 2.92. The van der Waals surface area contributed by atoms with Crippen molar-refractivity contribution < 1.29 is 13.9 Å². The molecule has 1 aromatic heterocycles. The molecule has 0 saturated heterocycles. The van der Waals surface area contributed by atoms with Crippen LogP contribution in [0.5, 0.6) is 0 Å². The van der Waals surface area contributed by atoms with Crippen LogP contribution in [0.3, 0.4) is 0 Å². The van der Waals surface area contributed by atoms with Crippen LogP contribution in [-0.2, 0) is 16.0 Å². The van der Waals surface area contributed by atoms with E-state index in [1.165, 1.54) is 38.5 Å². The van der Waals surface area contributed by atoms with Gasteiger partial charge in [-0.15, -0.1) is 0 Å². The number of primary amides is 1. The number of carbonyl (C=O) groups is 1. The SMILES string of the molecule is CCCCCCCCOC(/C=C/C=C/C(C)=C/C(C)(C)C(N)=O)Cc1cnco1. The Kier molecular flexibility index (Phi) is 12.0. The van der Waals surface area contributed by atoms with Gasteiger partial charge in [-0.25, -0.2) is 4.98 Å². The van der Waals surface area contributed by atoms with Gasteiger partial charge in [0.25, 0.3) is 0 Å². The summed E-state index contributed by atoms with van der Waals surface area (Å²) in [5.74, 6) is 0.474. The Balaban J connectivity index is 2.55. The van der Waals surface area contributed by atoms with Gasteiger partial charge < -0.3 is 14.9 Å². The Morgan fingerprint density at radius 1 is 1.24 bits per heavy atom. The van der Waals surface area contributed by atoms with E-state index in [0.717, 1.165) is 24.4 Å². The number of aromatic nitrogens is 1. The van der Waals surface area contributed by atoms with E-state index in [4.69, 9.17) is 14.9 Å². The number of unbranched alkanes of at least 4 members (excludes halogenated alkanes) is 5. The van der Waals surface area contributed by atoms with E-state index in [9.17, 15) is 4.79 Å². The first-order chi connectivity index (χ1) is 13.8. The second-order valence-corrected chi connectivity index (χ2v) is 8.07. The van der Waals surface area contributed by atoms with Crippen LogP contribution in [0.15, 0.2) is 53.0 Å². The number of hydrogen-bond acceptors (Lipinski definition) is 4. The molecule has 0 radical (unpaired) electrons. The van der Waals surface area contributed by atoms with E-state index in [1.807, 2.05) is 51.2 Å². The van der Waals surface area contributed by atoms with Crippen molar-refractivity contribution in [3.05, 3.63) is 54.3 Å². The third-order valence-electron chi connectivity index (χ3n) is 4.74. The summed E-state index contributed by atoms with van der Waals surface area (Å²) < 4.78 is 11.4. The normalized spacial score (nSPS) is 14.1. The maximum absolute atomic E-state index is 11.4. The molecule has 5 heteroatoms. The van der Waals surface area contributed by atoms with Crippen LogP contribution in [0, 0.1) is 5.41 Å². The minimum Gasteiger partial charge on any atom is -0.448 e. The predicted molar refractivity (Wildman–Crippen MR) is 118 cm³/mol. The Morgan fingerprint density at radius 3 is 2.62 bits per heavy atom. The van der Waals surface area contributed by atoms with Crippen LogP contribution in [-0.4, -0.2) is 23.6 Å². The minimum atomic E-state index is -0.660. The summed E-state index contributed by atoms with van der Waals surface area (Å²) in [6.45, 7) is 8.55. The first-order valence-electron chi connectivity index (χ1n) is 10.7. The Morgan fingerprint density at radius 2 is 1.97 bits per heavy atom. The molecule has 1 amide bonds. The smallest absolute Gasteiger partial charge is 0.226 e. The molecule has 2 N–H and O–H groups in total. The fraction of sp³-hybridized carbons (Fsp3) is 0.583. The quantitative estimate of drug-likeness (QED) is 0.309. The molecule has 0 fully saturated rings. The van der Waals surface area contributed by atoms with Crippen molar-refractivity contribution in [3.8, 4) is 0 Å². The van der Waals surface area contributed by atoms with Crippen LogP contribution in [0.4, 0.5) is 0 Å². The van der Waals surface area contributed by atoms with Gasteiger partial charge in [0.05, 0.1) is 17.7 Å². The van der Waals surface area contributed by atoms with Crippen LogP contribution in [0.2, 0.25) is 0 Å². The number of carbonyl (C=O) groups excluding carboxylic acids is 1. The molecular formula is C24H38N2O3.